The van der Waals surface area contributed by atoms with Gasteiger partial charge in [0.1, 0.15) is 9.88 Å². The third-order valence-electron chi connectivity index (χ3n) is 4.21. The third-order valence-corrected chi connectivity index (χ3v) is 5.25. The highest BCUT2D eigenvalue weighted by atomic mass is 32.1. The number of thiazole rings is 1. The van der Waals surface area contributed by atoms with Crippen LogP contribution in [0.5, 0.6) is 0 Å². The van der Waals surface area contributed by atoms with Crippen LogP contribution in [0, 0.1) is 5.92 Å². The van der Waals surface area contributed by atoms with Crippen LogP contribution in [0.3, 0.4) is 0 Å². The maximum Gasteiger partial charge on any atom is 0.265 e. The minimum Gasteiger partial charge on any atom is -0.369 e. The molecule has 8 heteroatoms. The number of aromatic nitrogens is 3. The number of carbonyl (C=O) groups is 2. The number of rotatable bonds is 3. The molecule has 2 N–H and O–H groups in total. The number of amides is 2. The first kappa shape index (κ1) is 15.7. The Balaban J connectivity index is 1.79. The van der Waals surface area contributed by atoms with Crippen molar-refractivity contribution in [3.63, 3.8) is 0 Å². The first-order valence-corrected chi connectivity index (χ1v) is 8.32. The molecule has 7 nitrogen and oxygen atoms in total. The number of aryl methyl sites for hydroxylation is 1. The fraction of sp³-hybridized carbons (Fsp3) is 0.467. The Morgan fingerprint density at radius 1 is 1.35 bits per heavy atom. The molecule has 0 spiro atoms. The quantitative estimate of drug-likeness (QED) is 0.915. The summed E-state index contributed by atoms with van der Waals surface area (Å²) in [5, 5.41) is 4.88. The number of carbonyl (C=O) groups excluding carboxylic acids is 2. The lowest BCUT2D eigenvalue weighted by Gasteiger charge is -2.36. The van der Waals surface area contributed by atoms with E-state index in [0.29, 0.717) is 11.4 Å². The van der Waals surface area contributed by atoms with E-state index in [0.717, 1.165) is 23.4 Å². The van der Waals surface area contributed by atoms with Gasteiger partial charge in [-0.3, -0.25) is 14.3 Å². The Morgan fingerprint density at radius 3 is 2.78 bits per heavy atom. The molecule has 0 radical (unpaired) electrons. The van der Waals surface area contributed by atoms with Gasteiger partial charge in [-0.2, -0.15) is 5.10 Å². The van der Waals surface area contributed by atoms with E-state index < -0.39 is 0 Å². The van der Waals surface area contributed by atoms with E-state index in [4.69, 9.17) is 5.73 Å². The van der Waals surface area contributed by atoms with Crippen molar-refractivity contribution in [3.05, 3.63) is 23.5 Å². The van der Waals surface area contributed by atoms with Crippen molar-refractivity contribution in [1.29, 1.82) is 0 Å². The van der Waals surface area contributed by atoms with Crippen LogP contribution in [0.1, 0.15) is 29.4 Å². The molecule has 0 aliphatic carbocycles. The maximum absolute atomic E-state index is 12.8. The fourth-order valence-electron chi connectivity index (χ4n) is 2.80. The Kier molecular flexibility index (Phi) is 4.16. The Labute approximate surface area is 138 Å². The van der Waals surface area contributed by atoms with Crippen LogP contribution in [0.25, 0.3) is 10.6 Å². The SMILES string of the molecule is CC1CCC(C(N)=O)CN1C(=O)c1cnc(-c2cnn(C)c2)s1. The summed E-state index contributed by atoms with van der Waals surface area (Å²) < 4.78 is 1.70. The molecule has 2 atom stereocenters. The van der Waals surface area contributed by atoms with Gasteiger partial charge in [-0.15, -0.1) is 11.3 Å². The minimum absolute atomic E-state index is 0.0870. The van der Waals surface area contributed by atoms with Gasteiger partial charge in [-0.25, -0.2) is 4.98 Å². The van der Waals surface area contributed by atoms with Crippen LogP contribution in [-0.2, 0) is 11.8 Å². The zero-order valence-corrected chi connectivity index (χ0v) is 13.9. The fourth-order valence-corrected chi connectivity index (χ4v) is 3.65. The highest BCUT2D eigenvalue weighted by Gasteiger charge is 2.32. The van der Waals surface area contributed by atoms with E-state index in [9.17, 15) is 9.59 Å². The van der Waals surface area contributed by atoms with Crippen LogP contribution < -0.4 is 5.73 Å². The second-order valence-corrected chi connectivity index (χ2v) is 6.95. The zero-order chi connectivity index (χ0) is 16.6. The van der Waals surface area contributed by atoms with Crippen LogP contribution in [0.15, 0.2) is 18.6 Å². The van der Waals surface area contributed by atoms with Crippen molar-refractivity contribution in [2.24, 2.45) is 18.7 Å². The van der Waals surface area contributed by atoms with E-state index >= 15 is 0 Å². The number of nitrogens with two attached hydrogens (primary N) is 1. The highest BCUT2D eigenvalue weighted by Crippen LogP contribution is 2.28. The summed E-state index contributed by atoms with van der Waals surface area (Å²) >= 11 is 1.34. The second-order valence-electron chi connectivity index (χ2n) is 5.92. The molecule has 1 fully saturated rings. The van der Waals surface area contributed by atoms with Crippen molar-refractivity contribution in [1.82, 2.24) is 19.7 Å². The molecule has 122 valence electrons. The summed E-state index contributed by atoms with van der Waals surface area (Å²) in [5.74, 6) is -0.688. The number of hydrogen-bond acceptors (Lipinski definition) is 5. The van der Waals surface area contributed by atoms with Crippen molar-refractivity contribution in [2.45, 2.75) is 25.8 Å². The molecule has 23 heavy (non-hydrogen) atoms. The van der Waals surface area contributed by atoms with Crippen molar-refractivity contribution < 1.29 is 9.59 Å². The average molecular weight is 333 g/mol. The van der Waals surface area contributed by atoms with Crippen molar-refractivity contribution in [2.75, 3.05) is 6.54 Å². The third kappa shape index (κ3) is 3.12. The van der Waals surface area contributed by atoms with E-state index in [1.165, 1.54) is 11.3 Å². The number of piperidine rings is 1. The van der Waals surface area contributed by atoms with Crippen molar-refractivity contribution >= 4 is 23.2 Å². The topological polar surface area (TPSA) is 94.1 Å². The number of hydrogen-bond donors (Lipinski definition) is 1. The average Bonchev–Trinajstić information content (AvgIpc) is 3.15. The minimum atomic E-state index is -0.338. The smallest absolute Gasteiger partial charge is 0.265 e. The first-order valence-electron chi connectivity index (χ1n) is 7.51. The lowest BCUT2D eigenvalue weighted by atomic mass is 9.93. The molecule has 2 amide bonds. The standard InChI is InChI=1S/C15H19N5O2S/c1-9-3-4-10(13(16)21)8-20(9)15(22)12-6-17-14(23-12)11-5-18-19(2)7-11/h5-7,9-10H,3-4,8H2,1-2H3,(H2,16,21). The van der Waals surface area contributed by atoms with Gasteiger partial charge in [0, 0.05) is 31.4 Å². The first-order chi connectivity index (χ1) is 11.0. The predicted molar refractivity (Wildman–Crippen MR) is 86.7 cm³/mol. The molecule has 2 aromatic heterocycles. The Bertz CT molecular complexity index is 738. The molecule has 0 aromatic carbocycles. The normalized spacial score (nSPS) is 21.4. The highest BCUT2D eigenvalue weighted by molar-refractivity contribution is 7.16. The Hall–Kier alpha value is -2.22. The lowest BCUT2D eigenvalue weighted by molar-refractivity contribution is -0.123. The van der Waals surface area contributed by atoms with Gasteiger partial charge in [0.25, 0.3) is 5.91 Å². The molecular formula is C15H19N5O2S. The van der Waals surface area contributed by atoms with Gasteiger partial charge in [0.15, 0.2) is 0 Å². The lowest BCUT2D eigenvalue weighted by Crippen LogP contribution is -2.48. The summed E-state index contributed by atoms with van der Waals surface area (Å²) in [6.07, 6.45) is 6.70. The van der Waals surface area contributed by atoms with Gasteiger partial charge in [-0.1, -0.05) is 0 Å². The van der Waals surface area contributed by atoms with Gasteiger partial charge >= 0.3 is 0 Å². The number of nitrogens with zero attached hydrogens (tertiary/aromatic N) is 4. The van der Waals surface area contributed by atoms with Gasteiger partial charge < -0.3 is 10.6 Å². The molecule has 1 aliphatic rings. The number of primary amides is 1. The van der Waals surface area contributed by atoms with Gasteiger partial charge in [0.05, 0.1) is 18.3 Å². The molecule has 1 saturated heterocycles. The number of likely N-dealkylation sites (tertiary alicyclic amines) is 1. The van der Waals surface area contributed by atoms with Crippen LogP contribution in [-0.4, -0.2) is 44.1 Å². The molecule has 3 heterocycles. The zero-order valence-electron chi connectivity index (χ0n) is 13.1. The summed E-state index contributed by atoms with van der Waals surface area (Å²) in [6.45, 7) is 2.38. The van der Waals surface area contributed by atoms with Crippen LogP contribution in [0.4, 0.5) is 0 Å². The molecule has 3 rings (SSSR count). The van der Waals surface area contributed by atoms with E-state index in [-0.39, 0.29) is 23.8 Å². The largest absolute Gasteiger partial charge is 0.369 e. The van der Waals surface area contributed by atoms with Crippen molar-refractivity contribution in [3.8, 4) is 10.6 Å². The van der Waals surface area contributed by atoms with E-state index in [2.05, 4.69) is 10.1 Å². The maximum atomic E-state index is 12.8. The molecule has 0 bridgehead atoms. The molecule has 1 aliphatic heterocycles. The summed E-state index contributed by atoms with van der Waals surface area (Å²) in [5.41, 5.74) is 6.29. The summed E-state index contributed by atoms with van der Waals surface area (Å²) in [7, 11) is 1.84. The monoisotopic (exact) mass is 333 g/mol. The molecular weight excluding hydrogens is 314 g/mol. The van der Waals surface area contributed by atoms with Crippen LogP contribution in [0.2, 0.25) is 0 Å². The molecule has 2 unspecified atom stereocenters. The molecule has 2 aromatic rings. The van der Waals surface area contributed by atoms with Crippen LogP contribution >= 0.6 is 11.3 Å². The summed E-state index contributed by atoms with van der Waals surface area (Å²) in [4.78, 5) is 30.8. The second kappa shape index (κ2) is 6.11. The Morgan fingerprint density at radius 2 is 2.13 bits per heavy atom. The van der Waals surface area contributed by atoms with Gasteiger partial charge in [0.2, 0.25) is 5.91 Å². The van der Waals surface area contributed by atoms with Gasteiger partial charge in [-0.05, 0) is 19.8 Å². The predicted octanol–water partition coefficient (Wildman–Crippen LogP) is 1.27. The summed E-state index contributed by atoms with van der Waals surface area (Å²) in [6, 6.07) is 0.0991. The van der Waals surface area contributed by atoms with E-state index in [1.54, 1.807) is 22.0 Å². The molecule has 0 saturated carbocycles. The van der Waals surface area contributed by atoms with E-state index in [1.807, 2.05) is 20.2 Å².